The zero-order valence-corrected chi connectivity index (χ0v) is 12.9. The molecule has 1 saturated heterocycles. The van der Waals surface area contributed by atoms with Crippen LogP contribution in [0.3, 0.4) is 0 Å². The molecule has 0 bridgehead atoms. The van der Waals surface area contributed by atoms with E-state index >= 15 is 0 Å². The number of benzene rings is 1. The van der Waals surface area contributed by atoms with Crippen LogP contribution in [0.1, 0.15) is 25.7 Å². The predicted octanol–water partition coefficient (Wildman–Crippen LogP) is 3.31. The lowest BCUT2D eigenvalue weighted by Gasteiger charge is -2.35. The Morgan fingerprint density at radius 2 is 2.14 bits per heavy atom. The molecule has 0 radical (unpaired) electrons. The van der Waals surface area contributed by atoms with Gasteiger partial charge in [0.1, 0.15) is 0 Å². The molecule has 2 heterocycles. The molecule has 2 N–H and O–H groups in total. The van der Waals surface area contributed by atoms with Crippen LogP contribution in [0.15, 0.2) is 34.9 Å². The number of piperidine rings is 1. The summed E-state index contributed by atoms with van der Waals surface area (Å²) in [6.45, 7) is 3.95. The second-order valence-corrected chi connectivity index (χ2v) is 6.17. The van der Waals surface area contributed by atoms with Crippen LogP contribution in [-0.2, 0) is 6.54 Å². The normalized spacial score (nSPS) is 23.4. The van der Waals surface area contributed by atoms with E-state index in [2.05, 4.69) is 16.8 Å². The van der Waals surface area contributed by atoms with Crippen molar-refractivity contribution in [2.24, 2.45) is 5.73 Å². The van der Waals surface area contributed by atoms with Crippen molar-refractivity contribution in [1.29, 1.82) is 0 Å². The summed E-state index contributed by atoms with van der Waals surface area (Å²) in [6, 6.07) is 8.38. The molecule has 1 fully saturated rings. The lowest BCUT2D eigenvalue weighted by Crippen LogP contribution is -2.45. The third-order valence-electron chi connectivity index (χ3n) is 4.07. The van der Waals surface area contributed by atoms with Gasteiger partial charge in [0.05, 0.1) is 12.7 Å². The molecule has 5 heteroatoms. The molecule has 112 valence electrons. The van der Waals surface area contributed by atoms with Gasteiger partial charge in [-0.15, -0.1) is 0 Å². The quantitative estimate of drug-likeness (QED) is 0.945. The van der Waals surface area contributed by atoms with E-state index in [1.807, 2.05) is 24.3 Å². The molecule has 21 heavy (non-hydrogen) atoms. The van der Waals surface area contributed by atoms with Crippen LogP contribution in [0.25, 0.3) is 11.3 Å². The van der Waals surface area contributed by atoms with Gasteiger partial charge in [-0.2, -0.15) is 0 Å². The summed E-state index contributed by atoms with van der Waals surface area (Å²) in [7, 11) is 0. The maximum atomic E-state index is 6.00. The molecule has 1 aliphatic heterocycles. The van der Waals surface area contributed by atoms with E-state index in [1.165, 1.54) is 0 Å². The SMILES string of the molecule is CC1CC(N)CCN1Cc1ncc(-c2ccc(Cl)cc2)o1. The topological polar surface area (TPSA) is 55.3 Å². The highest BCUT2D eigenvalue weighted by molar-refractivity contribution is 6.30. The van der Waals surface area contributed by atoms with Crippen molar-refractivity contribution in [2.75, 3.05) is 6.54 Å². The van der Waals surface area contributed by atoms with Crippen molar-refractivity contribution in [3.05, 3.63) is 41.4 Å². The molecule has 0 amide bonds. The maximum Gasteiger partial charge on any atom is 0.209 e. The summed E-state index contributed by atoms with van der Waals surface area (Å²) >= 11 is 5.90. The Labute approximate surface area is 129 Å². The van der Waals surface area contributed by atoms with E-state index in [9.17, 15) is 0 Å². The van der Waals surface area contributed by atoms with Crippen molar-refractivity contribution >= 4 is 11.6 Å². The number of aromatic nitrogens is 1. The van der Waals surface area contributed by atoms with Crippen molar-refractivity contribution in [3.8, 4) is 11.3 Å². The molecule has 1 aromatic heterocycles. The minimum atomic E-state index is 0.324. The molecule has 4 nitrogen and oxygen atoms in total. The fourth-order valence-corrected chi connectivity index (χ4v) is 2.92. The van der Waals surface area contributed by atoms with Crippen LogP contribution >= 0.6 is 11.6 Å². The van der Waals surface area contributed by atoms with Crippen LogP contribution in [0.2, 0.25) is 5.02 Å². The average Bonchev–Trinajstić information content (AvgIpc) is 2.91. The number of nitrogens with zero attached hydrogens (tertiary/aromatic N) is 2. The van der Waals surface area contributed by atoms with E-state index < -0.39 is 0 Å². The molecule has 1 aromatic carbocycles. The Morgan fingerprint density at radius 3 is 2.86 bits per heavy atom. The van der Waals surface area contributed by atoms with Gasteiger partial charge in [0, 0.05) is 29.2 Å². The lowest BCUT2D eigenvalue weighted by molar-refractivity contribution is 0.128. The van der Waals surface area contributed by atoms with Crippen LogP contribution in [0, 0.1) is 0 Å². The monoisotopic (exact) mass is 305 g/mol. The number of rotatable bonds is 3. The fraction of sp³-hybridized carbons (Fsp3) is 0.438. The third-order valence-corrected chi connectivity index (χ3v) is 4.33. The number of halogens is 1. The first kappa shape index (κ1) is 14.6. The zero-order valence-electron chi connectivity index (χ0n) is 12.1. The highest BCUT2D eigenvalue weighted by Gasteiger charge is 2.24. The number of hydrogen-bond acceptors (Lipinski definition) is 4. The molecule has 0 aliphatic carbocycles. The van der Waals surface area contributed by atoms with Crippen molar-refractivity contribution in [3.63, 3.8) is 0 Å². The van der Waals surface area contributed by atoms with Crippen molar-refractivity contribution in [1.82, 2.24) is 9.88 Å². The Bertz CT molecular complexity index is 596. The van der Waals surface area contributed by atoms with E-state index in [0.29, 0.717) is 12.1 Å². The molecular weight excluding hydrogens is 286 g/mol. The average molecular weight is 306 g/mol. The first-order valence-corrected chi connectivity index (χ1v) is 7.70. The summed E-state index contributed by atoms with van der Waals surface area (Å²) in [4.78, 5) is 6.77. The van der Waals surface area contributed by atoms with Crippen LogP contribution in [0.5, 0.6) is 0 Å². The van der Waals surface area contributed by atoms with Gasteiger partial charge >= 0.3 is 0 Å². The van der Waals surface area contributed by atoms with Gasteiger partial charge < -0.3 is 10.2 Å². The first-order chi connectivity index (χ1) is 10.1. The molecule has 1 aliphatic rings. The second-order valence-electron chi connectivity index (χ2n) is 5.73. The minimum absolute atomic E-state index is 0.324. The Balaban J connectivity index is 1.69. The highest BCUT2D eigenvalue weighted by Crippen LogP contribution is 2.24. The van der Waals surface area contributed by atoms with Crippen LogP contribution in [-0.4, -0.2) is 28.5 Å². The molecule has 0 spiro atoms. The molecule has 2 atom stereocenters. The van der Waals surface area contributed by atoms with Crippen LogP contribution in [0.4, 0.5) is 0 Å². The van der Waals surface area contributed by atoms with Gasteiger partial charge in [-0.1, -0.05) is 11.6 Å². The molecule has 2 unspecified atom stereocenters. The molecule has 2 aromatic rings. The Hall–Kier alpha value is -1.36. The van der Waals surface area contributed by atoms with E-state index in [4.69, 9.17) is 21.8 Å². The number of hydrogen-bond donors (Lipinski definition) is 1. The lowest BCUT2D eigenvalue weighted by atomic mass is 9.99. The van der Waals surface area contributed by atoms with E-state index in [0.717, 1.165) is 48.2 Å². The van der Waals surface area contributed by atoms with Gasteiger partial charge in [-0.05, 0) is 44.0 Å². The van der Waals surface area contributed by atoms with Crippen molar-refractivity contribution in [2.45, 2.75) is 38.4 Å². The minimum Gasteiger partial charge on any atom is -0.439 e. The number of oxazole rings is 1. The molecule has 0 saturated carbocycles. The van der Waals surface area contributed by atoms with Gasteiger partial charge in [-0.25, -0.2) is 4.98 Å². The summed E-state index contributed by atoms with van der Waals surface area (Å²) < 4.78 is 5.86. The predicted molar refractivity (Wildman–Crippen MR) is 84.0 cm³/mol. The largest absolute Gasteiger partial charge is 0.439 e. The van der Waals surface area contributed by atoms with Gasteiger partial charge in [-0.3, -0.25) is 4.90 Å². The Kier molecular flexibility index (Phi) is 4.29. The van der Waals surface area contributed by atoms with E-state index in [-0.39, 0.29) is 0 Å². The first-order valence-electron chi connectivity index (χ1n) is 7.32. The van der Waals surface area contributed by atoms with Crippen LogP contribution < -0.4 is 5.73 Å². The fourth-order valence-electron chi connectivity index (χ4n) is 2.80. The third kappa shape index (κ3) is 3.46. The summed E-state index contributed by atoms with van der Waals surface area (Å²) in [5.74, 6) is 1.53. The maximum absolute atomic E-state index is 6.00. The Morgan fingerprint density at radius 1 is 1.38 bits per heavy atom. The zero-order chi connectivity index (χ0) is 14.8. The summed E-state index contributed by atoms with van der Waals surface area (Å²) in [5, 5.41) is 0.719. The second kappa shape index (κ2) is 6.18. The van der Waals surface area contributed by atoms with Gasteiger partial charge in [0.15, 0.2) is 5.76 Å². The smallest absolute Gasteiger partial charge is 0.209 e. The van der Waals surface area contributed by atoms with Gasteiger partial charge in [0.25, 0.3) is 0 Å². The van der Waals surface area contributed by atoms with Crippen molar-refractivity contribution < 1.29 is 4.42 Å². The number of nitrogens with two attached hydrogens (primary N) is 1. The summed E-state index contributed by atoms with van der Waals surface area (Å²) in [5.41, 5.74) is 6.99. The standard InChI is InChI=1S/C16H20ClN3O/c1-11-8-14(18)6-7-20(11)10-16-19-9-15(21-16)12-2-4-13(17)5-3-12/h2-5,9,11,14H,6-8,10,18H2,1H3. The molecular formula is C16H20ClN3O. The highest BCUT2D eigenvalue weighted by atomic mass is 35.5. The van der Waals surface area contributed by atoms with Gasteiger partial charge in [0.2, 0.25) is 5.89 Å². The molecule has 3 rings (SSSR count). The van der Waals surface area contributed by atoms with E-state index in [1.54, 1.807) is 6.20 Å². The number of likely N-dealkylation sites (tertiary alicyclic amines) is 1. The summed E-state index contributed by atoms with van der Waals surface area (Å²) in [6.07, 6.45) is 3.85.